The van der Waals surface area contributed by atoms with Crippen LogP contribution in [0.1, 0.15) is 59.4 Å². The summed E-state index contributed by atoms with van der Waals surface area (Å²) in [6.07, 6.45) is 6.17. The van der Waals surface area contributed by atoms with E-state index in [1.165, 1.54) is 0 Å². The molecule has 0 aromatic carbocycles. The molecule has 2 aromatic rings. The van der Waals surface area contributed by atoms with E-state index in [2.05, 4.69) is 10.1 Å². The van der Waals surface area contributed by atoms with Crippen LogP contribution in [0.2, 0.25) is 0 Å². The van der Waals surface area contributed by atoms with Crippen molar-refractivity contribution >= 4 is 22.9 Å². The standard InChI is InChI=1S/C20H24N4O3/c1-12-17-18(14-4-2-5-15(14)21-19(17)27-22-12)20(26)23-10-7-13(8-11-23)24-9-3-6-16(24)25/h13H,2-11H2,1H3. The summed E-state index contributed by atoms with van der Waals surface area (Å²) in [4.78, 5) is 34.0. The van der Waals surface area contributed by atoms with E-state index < -0.39 is 0 Å². The van der Waals surface area contributed by atoms with Crippen LogP contribution in [0.5, 0.6) is 0 Å². The normalized spacial score (nSPS) is 20.7. The quantitative estimate of drug-likeness (QED) is 0.812. The number of likely N-dealkylation sites (tertiary alicyclic amines) is 2. The summed E-state index contributed by atoms with van der Waals surface area (Å²) in [5.41, 5.74) is 4.03. The Hall–Kier alpha value is -2.44. The SMILES string of the molecule is Cc1noc2nc3c(c(C(=O)N4CCC(N5CCCC5=O)CC4)c12)CCC3. The third kappa shape index (κ3) is 2.63. The zero-order valence-electron chi connectivity index (χ0n) is 15.7. The molecular formula is C20H24N4O3. The number of piperidine rings is 1. The average molecular weight is 368 g/mol. The lowest BCUT2D eigenvalue weighted by atomic mass is 9.98. The summed E-state index contributed by atoms with van der Waals surface area (Å²) in [5, 5.41) is 4.82. The maximum absolute atomic E-state index is 13.5. The molecule has 142 valence electrons. The molecule has 2 aromatic heterocycles. The lowest BCUT2D eigenvalue weighted by molar-refractivity contribution is -0.130. The molecule has 0 N–H and O–H groups in total. The van der Waals surface area contributed by atoms with Gasteiger partial charge in [-0.2, -0.15) is 0 Å². The molecule has 0 bridgehead atoms. The van der Waals surface area contributed by atoms with Gasteiger partial charge >= 0.3 is 0 Å². The zero-order valence-corrected chi connectivity index (χ0v) is 15.7. The Labute approximate surface area is 157 Å². The molecular weight excluding hydrogens is 344 g/mol. The number of fused-ring (bicyclic) bond motifs is 2. The van der Waals surface area contributed by atoms with Crippen LogP contribution in [0.15, 0.2) is 4.52 Å². The van der Waals surface area contributed by atoms with Gasteiger partial charge in [0.2, 0.25) is 5.91 Å². The van der Waals surface area contributed by atoms with Crippen molar-refractivity contribution in [3.63, 3.8) is 0 Å². The summed E-state index contributed by atoms with van der Waals surface area (Å²) < 4.78 is 5.37. The second kappa shape index (κ2) is 6.32. The van der Waals surface area contributed by atoms with E-state index in [-0.39, 0.29) is 17.9 Å². The van der Waals surface area contributed by atoms with Crippen molar-refractivity contribution in [3.05, 3.63) is 22.5 Å². The van der Waals surface area contributed by atoms with Gasteiger partial charge in [0.15, 0.2) is 0 Å². The highest BCUT2D eigenvalue weighted by Crippen LogP contribution is 2.33. The fourth-order valence-corrected chi connectivity index (χ4v) is 4.95. The fraction of sp³-hybridized carbons (Fsp3) is 0.600. The average Bonchev–Trinajstić information content (AvgIpc) is 3.40. The molecule has 0 atom stereocenters. The van der Waals surface area contributed by atoms with Gasteiger partial charge in [-0.05, 0) is 51.0 Å². The molecule has 0 spiro atoms. The molecule has 2 amide bonds. The number of hydrogen-bond donors (Lipinski definition) is 0. The van der Waals surface area contributed by atoms with Gasteiger partial charge in [0.1, 0.15) is 0 Å². The Morgan fingerprint density at radius 2 is 1.93 bits per heavy atom. The van der Waals surface area contributed by atoms with E-state index in [0.717, 1.165) is 73.0 Å². The van der Waals surface area contributed by atoms with E-state index in [9.17, 15) is 9.59 Å². The first-order valence-corrected chi connectivity index (χ1v) is 10.00. The number of carbonyl (C=O) groups is 2. The first-order valence-electron chi connectivity index (χ1n) is 10.00. The highest BCUT2D eigenvalue weighted by atomic mass is 16.5. The number of amides is 2. The topological polar surface area (TPSA) is 79.5 Å². The maximum atomic E-state index is 13.5. The first-order chi connectivity index (χ1) is 13.1. The molecule has 4 heterocycles. The fourth-order valence-electron chi connectivity index (χ4n) is 4.95. The molecule has 3 aliphatic rings. The van der Waals surface area contributed by atoms with Gasteiger partial charge in [-0.15, -0.1) is 0 Å². The number of hydrogen-bond acceptors (Lipinski definition) is 5. The zero-order chi connectivity index (χ0) is 18.5. The summed E-state index contributed by atoms with van der Waals surface area (Å²) in [5.74, 6) is 0.339. The van der Waals surface area contributed by atoms with Crippen molar-refractivity contribution < 1.29 is 14.1 Å². The van der Waals surface area contributed by atoms with Gasteiger partial charge in [-0.1, -0.05) is 5.16 Å². The Kier molecular flexibility index (Phi) is 3.91. The number of pyridine rings is 1. The third-order valence-corrected chi connectivity index (χ3v) is 6.34. The number of aromatic nitrogens is 2. The van der Waals surface area contributed by atoms with Crippen LogP contribution < -0.4 is 0 Å². The maximum Gasteiger partial charge on any atom is 0.259 e. The van der Waals surface area contributed by atoms with E-state index in [4.69, 9.17) is 4.52 Å². The van der Waals surface area contributed by atoms with Crippen LogP contribution in [0.4, 0.5) is 0 Å². The van der Waals surface area contributed by atoms with Crippen LogP contribution in [0, 0.1) is 6.92 Å². The van der Waals surface area contributed by atoms with Gasteiger partial charge < -0.3 is 14.3 Å². The highest BCUT2D eigenvalue weighted by Gasteiger charge is 2.34. The van der Waals surface area contributed by atoms with Crippen molar-refractivity contribution in [2.75, 3.05) is 19.6 Å². The minimum atomic E-state index is 0.0676. The predicted molar refractivity (Wildman–Crippen MR) is 98.4 cm³/mol. The lowest BCUT2D eigenvalue weighted by Crippen LogP contribution is -2.47. The summed E-state index contributed by atoms with van der Waals surface area (Å²) in [6.45, 7) is 4.12. The molecule has 0 unspecified atom stereocenters. The Bertz CT molecular complexity index is 927. The molecule has 1 aliphatic carbocycles. The highest BCUT2D eigenvalue weighted by molar-refractivity contribution is 6.07. The van der Waals surface area contributed by atoms with Gasteiger partial charge in [0.05, 0.1) is 16.6 Å². The predicted octanol–water partition coefficient (Wildman–Crippen LogP) is 2.25. The number of rotatable bonds is 2. The number of nitrogens with zero attached hydrogens (tertiary/aromatic N) is 4. The molecule has 7 nitrogen and oxygen atoms in total. The largest absolute Gasteiger partial charge is 0.340 e. The first kappa shape index (κ1) is 16.7. The van der Waals surface area contributed by atoms with Gasteiger partial charge in [0.25, 0.3) is 11.6 Å². The minimum Gasteiger partial charge on any atom is -0.340 e. The Morgan fingerprint density at radius 3 is 2.67 bits per heavy atom. The molecule has 27 heavy (non-hydrogen) atoms. The van der Waals surface area contributed by atoms with Gasteiger partial charge in [0, 0.05) is 37.8 Å². The van der Waals surface area contributed by atoms with Crippen molar-refractivity contribution in [1.82, 2.24) is 19.9 Å². The van der Waals surface area contributed by atoms with Crippen molar-refractivity contribution in [2.45, 2.75) is 57.9 Å². The molecule has 5 rings (SSSR count). The lowest BCUT2D eigenvalue weighted by Gasteiger charge is -2.37. The van der Waals surface area contributed by atoms with E-state index in [1.807, 2.05) is 16.7 Å². The van der Waals surface area contributed by atoms with Crippen LogP contribution in [-0.2, 0) is 17.6 Å². The van der Waals surface area contributed by atoms with E-state index in [0.29, 0.717) is 25.2 Å². The number of aryl methyl sites for hydroxylation is 2. The van der Waals surface area contributed by atoms with Crippen LogP contribution >= 0.6 is 0 Å². The van der Waals surface area contributed by atoms with E-state index in [1.54, 1.807) is 0 Å². The Balaban J connectivity index is 1.42. The summed E-state index contributed by atoms with van der Waals surface area (Å²) in [7, 11) is 0. The van der Waals surface area contributed by atoms with Crippen LogP contribution in [0.3, 0.4) is 0 Å². The molecule has 7 heteroatoms. The minimum absolute atomic E-state index is 0.0676. The monoisotopic (exact) mass is 368 g/mol. The Morgan fingerprint density at radius 1 is 1.11 bits per heavy atom. The molecule has 2 aliphatic heterocycles. The second-order valence-electron chi connectivity index (χ2n) is 7.93. The van der Waals surface area contributed by atoms with Crippen molar-refractivity contribution in [3.8, 4) is 0 Å². The summed E-state index contributed by atoms with van der Waals surface area (Å²) in [6, 6.07) is 0.282. The smallest absolute Gasteiger partial charge is 0.259 e. The molecule has 2 fully saturated rings. The number of carbonyl (C=O) groups excluding carboxylic acids is 2. The summed E-state index contributed by atoms with van der Waals surface area (Å²) >= 11 is 0. The van der Waals surface area contributed by atoms with Gasteiger partial charge in [-0.25, -0.2) is 4.98 Å². The molecule has 0 saturated carbocycles. The van der Waals surface area contributed by atoms with Gasteiger partial charge in [-0.3, -0.25) is 9.59 Å². The van der Waals surface area contributed by atoms with Crippen molar-refractivity contribution in [1.29, 1.82) is 0 Å². The second-order valence-corrected chi connectivity index (χ2v) is 7.93. The molecule has 2 saturated heterocycles. The third-order valence-electron chi connectivity index (χ3n) is 6.34. The van der Waals surface area contributed by atoms with Crippen LogP contribution in [-0.4, -0.2) is 57.4 Å². The molecule has 0 radical (unpaired) electrons. The van der Waals surface area contributed by atoms with Crippen molar-refractivity contribution in [2.24, 2.45) is 0 Å². The van der Waals surface area contributed by atoms with Crippen LogP contribution in [0.25, 0.3) is 11.1 Å². The van der Waals surface area contributed by atoms with E-state index >= 15 is 0 Å².